The highest BCUT2D eigenvalue weighted by Crippen LogP contribution is 2.22. The van der Waals surface area contributed by atoms with Gasteiger partial charge in [-0.1, -0.05) is 23.4 Å². The smallest absolute Gasteiger partial charge is 0.276 e. The normalized spacial score (nSPS) is 15.1. The average Bonchev–Trinajstić information content (AvgIpc) is 3.12. The molecule has 1 amide bonds. The molecule has 0 atom stereocenters. The van der Waals surface area contributed by atoms with E-state index in [4.69, 9.17) is 4.74 Å². The van der Waals surface area contributed by atoms with Crippen molar-refractivity contribution in [2.24, 2.45) is 5.92 Å². The molecule has 1 saturated heterocycles. The highest BCUT2D eigenvalue weighted by Gasteiger charge is 2.23. The van der Waals surface area contributed by atoms with Gasteiger partial charge in [0.2, 0.25) is 0 Å². The topological polar surface area (TPSA) is 73.1 Å². The van der Waals surface area contributed by atoms with Gasteiger partial charge in [-0.15, -0.1) is 5.10 Å². The number of hydrogen-bond acceptors (Lipinski definition) is 5. The van der Waals surface area contributed by atoms with Crippen LogP contribution < -0.4 is 0 Å². The Hall–Kier alpha value is -2.80. The maximum atomic E-state index is 12.9. The molecule has 1 fully saturated rings. The summed E-state index contributed by atoms with van der Waals surface area (Å²) < 4.78 is 7.11. The summed E-state index contributed by atoms with van der Waals surface area (Å²) in [5.74, 6) is 0.534. The number of pyridine rings is 1. The van der Waals surface area contributed by atoms with E-state index >= 15 is 0 Å². The van der Waals surface area contributed by atoms with E-state index in [1.807, 2.05) is 44.3 Å². The van der Waals surface area contributed by atoms with Gasteiger partial charge in [0, 0.05) is 38.4 Å². The van der Waals surface area contributed by atoms with Crippen LogP contribution in [0, 0.1) is 12.8 Å². The van der Waals surface area contributed by atoms with Crippen LogP contribution >= 0.6 is 0 Å². The zero-order valence-corrected chi connectivity index (χ0v) is 16.3. The molecule has 146 valence electrons. The van der Waals surface area contributed by atoms with Crippen molar-refractivity contribution < 1.29 is 9.53 Å². The standard InChI is InChI=1S/C21H25N5O2/c1-15-19(21(27)25(2)12-8-16-9-13-28-14-10-16)23-24-26(15)18-7-3-5-17-6-4-11-22-20(17)18/h3-7,11,16H,8-10,12-14H2,1-2H3. The summed E-state index contributed by atoms with van der Waals surface area (Å²) in [6.07, 6.45) is 4.90. The lowest BCUT2D eigenvalue weighted by Gasteiger charge is -2.24. The van der Waals surface area contributed by atoms with Crippen molar-refractivity contribution >= 4 is 16.8 Å². The van der Waals surface area contributed by atoms with Crippen molar-refractivity contribution in [1.82, 2.24) is 24.9 Å². The Morgan fingerprint density at radius 3 is 2.86 bits per heavy atom. The number of ether oxygens (including phenoxy) is 1. The zero-order valence-electron chi connectivity index (χ0n) is 16.3. The number of hydrogen-bond donors (Lipinski definition) is 0. The maximum Gasteiger partial charge on any atom is 0.276 e. The van der Waals surface area contributed by atoms with Crippen LogP contribution in [0.4, 0.5) is 0 Å². The number of nitrogens with zero attached hydrogens (tertiary/aromatic N) is 5. The predicted octanol–water partition coefficient (Wildman–Crippen LogP) is 3.01. The van der Waals surface area contributed by atoms with Gasteiger partial charge < -0.3 is 9.64 Å². The van der Waals surface area contributed by atoms with Gasteiger partial charge >= 0.3 is 0 Å². The molecular formula is C21H25N5O2. The van der Waals surface area contributed by atoms with Crippen LogP contribution in [0.25, 0.3) is 16.6 Å². The Morgan fingerprint density at radius 2 is 2.04 bits per heavy atom. The minimum Gasteiger partial charge on any atom is -0.381 e. The van der Waals surface area contributed by atoms with E-state index in [1.54, 1.807) is 15.8 Å². The zero-order chi connectivity index (χ0) is 19.5. The van der Waals surface area contributed by atoms with Gasteiger partial charge in [-0.3, -0.25) is 9.78 Å². The van der Waals surface area contributed by atoms with E-state index in [0.29, 0.717) is 18.2 Å². The first-order valence-electron chi connectivity index (χ1n) is 9.75. The lowest BCUT2D eigenvalue weighted by atomic mass is 9.96. The first-order chi connectivity index (χ1) is 13.6. The van der Waals surface area contributed by atoms with Gasteiger partial charge in [-0.2, -0.15) is 0 Å². The second-order valence-corrected chi connectivity index (χ2v) is 7.36. The number of fused-ring (bicyclic) bond motifs is 1. The van der Waals surface area contributed by atoms with E-state index in [0.717, 1.165) is 54.8 Å². The minimum atomic E-state index is -0.0935. The molecule has 0 spiro atoms. The summed E-state index contributed by atoms with van der Waals surface area (Å²) in [5, 5.41) is 9.47. The first kappa shape index (κ1) is 18.6. The van der Waals surface area contributed by atoms with Gasteiger partial charge in [0.15, 0.2) is 5.69 Å². The fourth-order valence-electron chi connectivity index (χ4n) is 3.71. The maximum absolute atomic E-state index is 12.9. The van der Waals surface area contributed by atoms with Crippen LogP contribution in [-0.4, -0.2) is 57.6 Å². The largest absolute Gasteiger partial charge is 0.381 e. The molecule has 7 nitrogen and oxygen atoms in total. The van der Waals surface area contributed by atoms with E-state index in [9.17, 15) is 4.79 Å². The van der Waals surface area contributed by atoms with Gasteiger partial charge in [-0.05, 0) is 44.2 Å². The Bertz CT molecular complexity index is 973. The second-order valence-electron chi connectivity index (χ2n) is 7.36. The summed E-state index contributed by atoms with van der Waals surface area (Å²) >= 11 is 0. The summed E-state index contributed by atoms with van der Waals surface area (Å²) in [6.45, 7) is 4.25. The molecule has 1 aliphatic rings. The van der Waals surface area contributed by atoms with E-state index in [1.165, 1.54) is 0 Å². The quantitative estimate of drug-likeness (QED) is 0.681. The van der Waals surface area contributed by atoms with E-state index in [2.05, 4.69) is 15.3 Å². The average molecular weight is 379 g/mol. The number of para-hydroxylation sites is 1. The third-order valence-corrected chi connectivity index (χ3v) is 5.50. The van der Waals surface area contributed by atoms with Crippen LogP contribution in [0.15, 0.2) is 36.5 Å². The van der Waals surface area contributed by atoms with Crippen LogP contribution in [0.5, 0.6) is 0 Å². The molecule has 1 aromatic carbocycles. The number of carbonyl (C=O) groups excluding carboxylic acids is 1. The van der Waals surface area contributed by atoms with Crippen molar-refractivity contribution in [2.45, 2.75) is 26.2 Å². The third kappa shape index (κ3) is 3.62. The molecule has 4 rings (SSSR count). The van der Waals surface area contributed by atoms with Gasteiger partial charge in [0.1, 0.15) is 0 Å². The van der Waals surface area contributed by atoms with Crippen LogP contribution in [0.2, 0.25) is 0 Å². The molecule has 3 aromatic rings. The molecule has 0 aliphatic carbocycles. The fraction of sp³-hybridized carbons (Fsp3) is 0.429. The van der Waals surface area contributed by atoms with Crippen LogP contribution in [0.1, 0.15) is 35.4 Å². The van der Waals surface area contributed by atoms with E-state index in [-0.39, 0.29) is 5.91 Å². The lowest BCUT2D eigenvalue weighted by Crippen LogP contribution is -2.30. The number of amides is 1. The molecule has 28 heavy (non-hydrogen) atoms. The Kier molecular flexibility index (Phi) is 5.34. The molecular weight excluding hydrogens is 354 g/mol. The van der Waals surface area contributed by atoms with Crippen LogP contribution in [0.3, 0.4) is 0 Å². The molecule has 0 saturated carbocycles. The first-order valence-corrected chi connectivity index (χ1v) is 9.75. The predicted molar refractivity (Wildman–Crippen MR) is 107 cm³/mol. The van der Waals surface area contributed by atoms with Crippen molar-refractivity contribution in [3.63, 3.8) is 0 Å². The number of rotatable bonds is 5. The monoisotopic (exact) mass is 379 g/mol. The molecule has 0 radical (unpaired) electrons. The molecule has 0 bridgehead atoms. The summed E-state index contributed by atoms with van der Waals surface area (Å²) in [7, 11) is 1.83. The summed E-state index contributed by atoms with van der Waals surface area (Å²) in [6, 6.07) is 9.83. The minimum absolute atomic E-state index is 0.0935. The van der Waals surface area contributed by atoms with Gasteiger partial charge in [0.25, 0.3) is 5.91 Å². The second kappa shape index (κ2) is 8.06. The molecule has 3 heterocycles. The third-order valence-electron chi connectivity index (χ3n) is 5.50. The fourth-order valence-corrected chi connectivity index (χ4v) is 3.71. The van der Waals surface area contributed by atoms with Crippen molar-refractivity contribution in [1.29, 1.82) is 0 Å². The molecule has 7 heteroatoms. The Morgan fingerprint density at radius 1 is 1.25 bits per heavy atom. The van der Waals surface area contributed by atoms with Crippen molar-refractivity contribution in [3.05, 3.63) is 47.9 Å². The number of aromatic nitrogens is 4. The lowest BCUT2D eigenvalue weighted by molar-refractivity contribution is 0.0582. The number of carbonyl (C=O) groups is 1. The number of benzene rings is 1. The molecule has 0 unspecified atom stereocenters. The summed E-state index contributed by atoms with van der Waals surface area (Å²) in [5.41, 5.74) is 2.78. The van der Waals surface area contributed by atoms with Crippen LogP contribution in [-0.2, 0) is 4.74 Å². The summed E-state index contributed by atoms with van der Waals surface area (Å²) in [4.78, 5) is 19.1. The molecule has 0 N–H and O–H groups in total. The highest BCUT2D eigenvalue weighted by molar-refractivity contribution is 5.93. The molecule has 2 aromatic heterocycles. The Balaban J connectivity index is 1.53. The van der Waals surface area contributed by atoms with Crippen molar-refractivity contribution in [3.8, 4) is 5.69 Å². The van der Waals surface area contributed by atoms with Gasteiger partial charge in [-0.25, -0.2) is 4.68 Å². The van der Waals surface area contributed by atoms with Crippen molar-refractivity contribution in [2.75, 3.05) is 26.8 Å². The molecule has 1 aliphatic heterocycles. The highest BCUT2D eigenvalue weighted by atomic mass is 16.5. The van der Waals surface area contributed by atoms with E-state index < -0.39 is 0 Å². The van der Waals surface area contributed by atoms with Gasteiger partial charge in [0.05, 0.1) is 16.9 Å². The SMILES string of the molecule is Cc1c(C(=O)N(C)CCC2CCOCC2)nnn1-c1cccc2cccnc12. The Labute approximate surface area is 164 Å².